The number of amides is 3. The lowest BCUT2D eigenvalue weighted by Crippen LogP contribution is -2.52. The first-order chi connectivity index (χ1) is 17.9. The van der Waals surface area contributed by atoms with Crippen LogP contribution >= 0.6 is 0 Å². The number of fused-ring (bicyclic) bond motifs is 1. The molecule has 0 unspecified atom stereocenters. The highest BCUT2D eigenvalue weighted by molar-refractivity contribution is 5.99. The summed E-state index contributed by atoms with van der Waals surface area (Å²) in [6.07, 6.45) is 2.94. The normalized spacial score (nSPS) is 18.1. The molecular formula is C29H33N3O5. The van der Waals surface area contributed by atoms with Gasteiger partial charge in [0.25, 0.3) is 5.91 Å². The second-order valence-corrected chi connectivity index (χ2v) is 9.53. The topological polar surface area (TPSA) is 117 Å². The van der Waals surface area contributed by atoms with Crippen molar-refractivity contribution in [2.45, 2.75) is 57.3 Å². The zero-order valence-electron chi connectivity index (χ0n) is 20.9. The molecule has 8 nitrogen and oxygen atoms in total. The summed E-state index contributed by atoms with van der Waals surface area (Å²) >= 11 is 0. The summed E-state index contributed by atoms with van der Waals surface area (Å²) in [5, 5.41) is 20.2. The second-order valence-electron chi connectivity index (χ2n) is 9.53. The van der Waals surface area contributed by atoms with Crippen LogP contribution in [0, 0.1) is 0 Å². The number of rotatable bonds is 9. The van der Waals surface area contributed by atoms with Crippen molar-refractivity contribution >= 4 is 28.5 Å². The Morgan fingerprint density at radius 1 is 0.892 bits per heavy atom. The monoisotopic (exact) mass is 503 g/mol. The lowest BCUT2D eigenvalue weighted by atomic mass is 9.90. The summed E-state index contributed by atoms with van der Waals surface area (Å²) in [7, 11) is 0. The summed E-state index contributed by atoms with van der Waals surface area (Å²) in [5.74, 6) is -0.501. The van der Waals surface area contributed by atoms with Gasteiger partial charge >= 0.3 is 0 Å². The van der Waals surface area contributed by atoms with Gasteiger partial charge < -0.3 is 25.8 Å². The van der Waals surface area contributed by atoms with E-state index in [9.17, 15) is 19.5 Å². The van der Waals surface area contributed by atoms with Crippen LogP contribution in [0.25, 0.3) is 10.8 Å². The molecule has 0 aliphatic heterocycles. The molecule has 37 heavy (non-hydrogen) atoms. The van der Waals surface area contributed by atoms with Crippen molar-refractivity contribution in [2.24, 2.45) is 0 Å². The van der Waals surface area contributed by atoms with E-state index in [0.29, 0.717) is 12.2 Å². The Kier molecular flexibility index (Phi) is 8.74. The van der Waals surface area contributed by atoms with Crippen LogP contribution < -0.4 is 16.0 Å². The Hall–Kier alpha value is -3.91. The van der Waals surface area contributed by atoms with Crippen molar-refractivity contribution in [3.05, 3.63) is 77.9 Å². The number of phenols is 1. The van der Waals surface area contributed by atoms with E-state index in [2.05, 4.69) is 16.0 Å². The van der Waals surface area contributed by atoms with Crippen LogP contribution in [0.4, 0.5) is 0 Å². The summed E-state index contributed by atoms with van der Waals surface area (Å²) in [6.45, 7) is 1.82. The number of hydrogen-bond acceptors (Lipinski definition) is 5. The Balaban J connectivity index is 1.24. The van der Waals surface area contributed by atoms with Gasteiger partial charge in [0.2, 0.25) is 11.8 Å². The predicted molar refractivity (Wildman–Crippen MR) is 141 cm³/mol. The van der Waals surface area contributed by atoms with Crippen molar-refractivity contribution in [2.75, 3.05) is 6.61 Å². The van der Waals surface area contributed by atoms with E-state index in [1.54, 1.807) is 24.3 Å². The van der Waals surface area contributed by atoms with Gasteiger partial charge in [-0.2, -0.15) is 0 Å². The van der Waals surface area contributed by atoms with Gasteiger partial charge in [0, 0.05) is 24.6 Å². The predicted octanol–water partition coefficient (Wildman–Crippen LogP) is 3.42. The molecule has 1 aliphatic rings. The third-order valence-corrected chi connectivity index (χ3v) is 6.58. The van der Waals surface area contributed by atoms with Gasteiger partial charge in [-0.1, -0.05) is 42.5 Å². The Morgan fingerprint density at radius 3 is 2.24 bits per heavy atom. The highest BCUT2D eigenvalue weighted by Gasteiger charge is 2.27. The summed E-state index contributed by atoms with van der Waals surface area (Å²) in [5.41, 5.74) is 1.56. The lowest BCUT2D eigenvalue weighted by Gasteiger charge is -2.31. The van der Waals surface area contributed by atoms with Crippen molar-refractivity contribution in [1.29, 1.82) is 0 Å². The first kappa shape index (κ1) is 26.2. The number of nitrogens with one attached hydrogen (secondary N) is 3. The van der Waals surface area contributed by atoms with Crippen molar-refractivity contribution in [1.82, 2.24) is 16.0 Å². The molecule has 194 valence electrons. The molecule has 0 spiro atoms. The molecule has 3 amide bonds. The molecule has 3 aromatic carbocycles. The number of ether oxygens (including phenoxy) is 1. The highest BCUT2D eigenvalue weighted by Crippen LogP contribution is 2.22. The molecule has 4 N–H and O–H groups in total. The maximum atomic E-state index is 12.9. The highest BCUT2D eigenvalue weighted by atomic mass is 16.5. The largest absolute Gasteiger partial charge is 0.508 e. The fraction of sp³-hybridized carbons (Fsp3) is 0.345. The van der Waals surface area contributed by atoms with E-state index >= 15 is 0 Å². The van der Waals surface area contributed by atoms with Crippen LogP contribution in [-0.4, -0.2) is 47.6 Å². The second kappa shape index (κ2) is 12.4. The number of carbonyl (C=O) groups is 3. The van der Waals surface area contributed by atoms with Crippen molar-refractivity contribution < 1.29 is 24.2 Å². The third kappa shape index (κ3) is 7.54. The molecule has 0 bridgehead atoms. The zero-order chi connectivity index (χ0) is 26.2. The smallest absolute Gasteiger partial charge is 0.251 e. The molecule has 0 aromatic heterocycles. The van der Waals surface area contributed by atoms with Gasteiger partial charge in [0.1, 0.15) is 11.8 Å². The van der Waals surface area contributed by atoms with E-state index in [0.717, 1.165) is 42.0 Å². The molecule has 0 radical (unpaired) electrons. The van der Waals surface area contributed by atoms with Gasteiger partial charge in [-0.3, -0.25) is 14.4 Å². The SMILES string of the molecule is CC(=O)N[C@H](COCc1ccccc1)C(=O)NC1CCC(NC(=O)c2ccc3cc(O)ccc3c2)CC1. The van der Waals surface area contributed by atoms with Crippen molar-refractivity contribution in [3.8, 4) is 5.75 Å². The zero-order valence-corrected chi connectivity index (χ0v) is 20.9. The van der Waals surface area contributed by atoms with Crippen LogP contribution in [0.15, 0.2) is 66.7 Å². The maximum absolute atomic E-state index is 12.9. The first-order valence-electron chi connectivity index (χ1n) is 12.6. The average molecular weight is 504 g/mol. The van der Waals surface area contributed by atoms with Crippen LogP contribution in [0.5, 0.6) is 5.75 Å². The van der Waals surface area contributed by atoms with Gasteiger partial charge in [-0.25, -0.2) is 0 Å². The molecule has 1 aliphatic carbocycles. The quantitative estimate of drug-likeness (QED) is 0.357. The Labute approximate surface area is 216 Å². The molecule has 8 heteroatoms. The Morgan fingerprint density at radius 2 is 1.54 bits per heavy atom. The van der Waals surface area contributed by atoms with E-state index in [1.165, 1.54) is 6.92 Å². The molecule has 0 heterocycles. The number of benzene rings is 3. The average Bonchev–Trinajstić information content (AvgIpc) is 2.89. The minimum absolute atomic E-state index is 0.0246. The number of carbonyl (C=O) groups excluding carboxylic acids is 3. The molecule has 1 saturated carbocycles. The van der Waals surface area contributed by atoms with E-state index in [-0.39, 0.29) is 42.2 Å². The fourth-order valence-electron chi connectivity index (χ4n) is 4.62. The van der Waals surface area contributed by atoms with Crippen LogP contribution in [0.1, 0.15) is 48.5 Å². The fourth-order valence-corrected chi connectivity index (χ4v) is 4.62. The molecule has 0 saturated heterocycles. The van der Waals surface area contributed by atoms with Crippen LogP contribution in [-0.2, 0) is 20.9 Å². The minimum Gasteiger partial charge on any atom is -0.508 e. The lowest BCUT2D eigenvalue weighted by molar-refractivity contribution is -0.130. The third-order valence-electron chi connectivity index (χ3n) is 6.58. The van der Waals surface area contributed by atoms with E-state index < -0.39 is 6.04 Å². The number of phenolic OH excluding ortho intramolecular Hbond substituents is 1. The molecule has 3 aromatic rings. The summed E-state index contributed by atoms with van der Waals surface area (Å²) in [4.78, 5) is 37.3. The number of aromatic hydroxyl groups is 1. The molecule has 4 rings (SSSR count). The molecular weight excluding hydrogens is 470 g/mol. The minimum atomic E-state index is -0.770. The van der Waals surface area contributed by atoms with Gasteiger partial charge in [-0.05, 0) is 66.3 Å². The van der Waals surface area contributed by atoms with Crippen LogP contribution in [0.3, 0.4) is 0 Å². The summed E-state index contributed by atoms with van der Waals surface area (Å²) < 4.78 is 5.69. The van der Waals surface area contributed by atoms with Gasteiger partial charge in [0.15, 0.2) is 0 Å². The summed E-state index contributed by atoms with van der Waals surface area (Å²) in [6, 6.07) is 19.3. The van der Waals surface area contributed by atoms with Gasteiger partial charge in [-0.15, -0.1) is 0 Å². The van der Waals surface area contributed by atoms with Crippen LogP contribution in [0.2, 0.25) is 0 Å². The number of hydrogen-bond donors (Lipinski definition) is 4. The van der Waals surface area contributed by atoms with E-state index in [4.69, 9.17) is 4.74 Å². The maximum Gasteiger partial charge on any atom is 0.251 e. The van der Waals surface area contributed by atoms with Crippen molar-refractivity contribution in [3.63, 3.8) is 0 Å². The standard InChI is InChI=1S/C29H33N3O5/c1-19(33)30-27(18-37-17-20-5-3-2-4-6-20)29(36)32-25-12-10-24(11-13-25)31-28(35)23-8-7-22-16-26(34)14-9-21(22)15-23/h2-9,14-16,24-25,27,34H,10-13,17-18H2,1H3,(H,30,33)(H,31,35)(H,32,36)/t24?,25?,27-/m1/s1. The Bertz CT molecular complexity index is 1240. The van der Waals surface area contributed by atoms with E-state index in [1.807, 2.05) is 42.5 Å². The van der Waals surface area contributed by atoms with Gasteiger partial charge in [0.05, 0.1) is 13.2 Å². The molecule has 1 atom stereocenters. The first-order valence-corrected chi connectivity index (χ1v) is 12.6. The molecule has 1 fully saturated rings.